The average Bonchev–Trinajstić information content (AvgIpc) is 2.03. The zero-order valence-electron chi connectivity index (χ0n) is 8.39. The summed E-state index contributed by atoms with van der Waals surface area (Å²) >= 11 is 0. The summed E-state index contributed by atoms with van der Waals surface area (Å²) in [6.45, 7) is 8.73. The van der Waals surface area contributed by atoms with Crippen LogP contribution in [0, 0.1) is 20.3 Å². The van der Waals surface area contributed by atoms with Crippen molar-refractivity contribution in [2.75, 3.05) is 0 Å². The van der Waals surface area contributed by atoms with Crippen molar-refractivity contribution in [3.05, 3.63) is 41.3 Å². The van der Waals surface area contributed by atoms with Crippen molar-refractivity contribution >= 4 is 0 Å². The third-order valence-electron chi connectivity index (χ3n) is 2.50. The zero-order chi connectivity index (χ0) is 9.14. The second-order valence-electron chi connectivity index (χ2n) is 3.43. The molecule has 0 heterocycles. The van der Waals surface area contributed by atoms with Crippen molar-refractivity contribution < 1.29 is 0 Å². The van der Waals surface area contributed by atoms with E-state index in [2.05, 4.69) is 52.3 Å². The molecule has 1 aromatic carbocycles. The van der Waals surface area contributed by atoms with Gasteiger partial charge < -0.3 is 0 Å². The number of aryl methyl sites for hydroxylation is 2. The van der Waals surface area contributed by atoms with Crippen LogP contribution in [0.25, 0.3) is 0 Å². The van der Waals surface area contributed by atoms with Crippen LogP contribution in [-0.2, 0) is 0 Å². The Balaban J connectivity index is 3.12. The molecule has 0 nitrogen and oxygen atoms in total. The second-order valence-corrected chi connectivity index (χ2v) is 3.43. The second kappa shape index (κ2) is 3.75. The van der Waals surface area contributed by atoms with Gasteiger partial charge in [-0.3, -0.25) is 0 Å². The first kappa shape index (κ1) is 9.31. The summed E-state index contributed by atoms with van der Waals surface area (Å²) in [5, 5.41) is 0. The van der Waals surface area contributed by atoms with Crippen LogP contribution in [-0.4, -0.2) is 0 Å². The molecule has 1 atom stereocenters. The molecule has 0 bridgehead atoms. The number of hydrogen-bond donors (Lipinski definition) is 0. The fraction of sp³-hybridized carbons (Fsp3) is 0.417. The third-order valence-corrected chi connectivity index (χ3v) is 2.50. The molecule has 0 aliphatic heterocycles. The van der Waals surface area contributed by atoms with Gasteiger partial charge in [-0.15, -0.1) is 0 Å². The Morgan fingerprint density at radius 2 is 1.67 bits per heavy atom. The summed E-state index contributed by atoms with van der Waals surface area (Å²) < 4.78 is 0. The summed E-state index contributed by atoms with van der Waals surface area (Å²) in [6, 6.07) is 6.49. The zero-order valence-corrected chi connectivity index (χ0v) is 8.39. The highest BCUT2D eigenvalue weighted by Gasteiger charge is 2.08. The maximum Gasteiger partial charge on any atom is -0.0157 e. The van der Waals surface area contributed by atoms with E-state index in [9.17, 15) is 0 Å². The third kappa shape index (κ3) is 1.69. The van der Waals surface area contributed by atoms with Gasteiger partial charge in [-0.1, -0.05) is 32.0 Å². The van der Waals surface area contributed by atoms with Gasteiger partial charge in [0.1, 0.15) is 0 Å². The maximum absolute atomic E-state index is 2.25. The molecule has 0 aliphatic carbocycles. The number of rotatable bonds is 2. The van der Waals surface area contributed by atoms with E-state index in [1.54, 1.807) is 0 Å². The van der Waals surface area contributed by atoms with Gasteiger partial charge in [-0.05, 0) is 42.9 Å². The van der Waals surface area contributed by atoms with Crippen LogP contribution < -0.4 is 0 Å². The minimum Gasteiger partial charge on any atom is -0.0617 e. The van der Waals surface area contributed by atoms with Crippen LogP contribution in [0.4, 0.5) is 0 Å². The molecule has 0 fully saturated rings. The van der Waals surface area contributed by atoms with Crippen LogP contribution in [0.1, 0.15) is 36.5 Å². The summed E-state index contributed by atoms with van der Waals surface area (Å²) in [4.78, 5) is 0. The molecular weight excluding hydrogens is 144 g/mol. The Hall–Kier alpha value is -0.780. The lowest BCUT2D eigenvalue weighted by Gasteiger charge is -2.15. The summed E-state index contributed by atoms with van der Waals surface area (Å²) in [6.07, 6.45) is 2.25. The molecule has 0 saturated heterocycles. The van der Waals surface area contributed by atoms with Crippen molar-refractivity contribution in [2.24, 2.45) is 0 Å². The molecule has 0 amide bonds. The van der Waals surface area contributed by atoms with Gasteiger partial charge in [0.25, 0.3) is 0 Å². The van der Waals surface area contributed by atoms with E-state index in [-0.39, 0.29) is 0 Å². The van der Waals surface area contributed by atoms with Gasteiger partial charge in [0.05, 0.1) is 0 Å². The molecule has 0 spiro atoms. The minimum absolute atomic E-state index is 0.575. The van der Waals surface area contributed by atoms with E-state index in [1.165, 1.54) is 16.7 Å². The maximum atomic E-state index is 2.25. The monoisotopic (exact) mass is 161 g/mol. The molecule has 1 radical (unpaired) electrons. The van der Waals surface area contributed by atoms with Crippen molar-refractivity contribution in [3.63, 3.8) is 0 Å². The highest BCUT2D eigenvalue weighted by Crippen LogP contribution is 2.24. The first-order valence-corrected chi connectivity index (χ1v) is 4.52. The van der Waals surface area contributed by atoms with Crippen molar-refractivity contribution in [1.29, 1.82) is 0 Å². The Bertz CT molecular complexity index is 240. The summed E-state index contributed by atoms with van der Waals surface area (Å²) in [5.41, 5.74) is 4.29. The van der Waals surface area contributed by atoms with Gasteiger partial charge in [-0.25, -0.2) is 0 Å². The van der Waals surface area contributed by atoms with Gasteiger partial charge in [0, 0.05) is 0 Å². The standard InChI is InChI=1S/C12H17/c1-5-9(2)12-10(3)7-6-8-11(12)4/h5-9H,1-4H3/t9-/m0/s1. The lowest BCUT2D eigenvalue weighted by Crippen LogP contribution is -1.98. The SMILES string of the molecule is C[CH][C@H](C)c1c(C)cccc1C. The van der Waals surface area contributed by atoms with Crippen molar-refractivity contribution in [1.82, 2.24) is 0 Å². The molecule has 0 N–H and O–H groups in total. The largest absolute Gasteiger partial charge is 0.0617 e. The molecule has 0 aliphatic rings. The molecular formula is C12H17. The van der Waals surface area contributed by atoms with E-state index in [1.807, 2.05) is 0 Å². The van der Waals surface area contributed by atoms with E-state index in [4.69, 9.17) is 0 Å². The normalized spacial score (nSPS) is 13.0. The summed E-state index contributed by atoms with van der Waals surface area (Å²) in [7, 11) is 0. The van der Waals surface area contributed by atoms with E-state index in [0.717, 1.165) is 0 Å². The van der Waals surface area contributed by atoms with Gasteiger partial charge in [0.15, 0.2) is 0 Å². The highest BCUT2D eigenvalue weighted by molar-refractivity contribution is 5.37. The van der Waals surface area contributed by atoms with Gasteiger partial charge in [0.2, 0.25) is 0 Å². The predicted molar refractivity (Wildman–Crippen MR) is 54.3 cm³/mol. The van der Waals surface area contributed by atoms with Crippen LogP contribution in [0.5, 0.6) is 0 Å². The molecule has 0 unspecified atom stereocenters. The summed E-state index contributed by atoms with van der Waals surface area (Å²) in [5.74, 6) is 0.575. The predicted octanol–water partition coefficient (Wildman–Crippen LogP) is 3.63. The molecule has 12 heavy (non-hydrogen) atoms. The number of benzene rings is 1. The van der Waals surface area contributed by atoms with Gasteiger partial charge >= 0.3 is 0 Å². The molecule has 0 heteroatoms. The van der Waals surface area contributed by atoms with Crippen LogP contribution in [0.15, 0.2) is 18.2 Å². The lowest BCUT2D eigenvalue weighted by molar-refractivity contribution is 0.866. The first-order chi connectivity index (χ1) is 5.66. The first-order valence-electron chi connectivity index (χ1n) is 4.52. The minimum atomic E-state index is 0.575. The molecule has 1 rings (SSSR count). The fourth-order valence-corrected chi connectivity index (χ4v) is 1.71. The molecule has 0 aromatic heterocycles. The topological polar surface area (TPSA) is 0 Å². The Morgan fingerprint density at radius 1 is 1.17 bits per heavy atom. The molecule has 0 saturated carbocycles. The quantitative estimate of drug-likeness (QED) is 0.621. The van der Waals surface area contributed by atoms with Crippen LogP contribution >= 0.6 is 0 Å². The van der Waals surface area contributed by atoms with Crippen molar-refractivity contribution in [3.8, 4) is 0 Å². The van der Waals surface area contributed by atoms with Crippen molar-refractivity contribution in [2.45, 2.75) is 33.6 Å². The lowest BCUT2D eigenvalue weighted by atomic mass is 9.90. The van der Waals surface area contributed by atoms with Crippen LogP contribution in [0.2, 0.25) is 0 Å². The fourth-order valence-electron chi connectivity index (χ4n) is 1.71. The smallest absolute Gasteiger partial charge is 0.0157 e. The molecule has 65 valence electrons. The highest BCUT2D eigenvalue weighted by atomic mass is 14.1. The Kier molecular flexibility index (Phi) is 2.91. The van der Waals surface area contributed by atoms with E-state index in [0.29, 0.717) is 5.92 Å². The van der Waals surface area contributed by atoms with Crippen LogP contribution in [0.3, 0.4) is 0 Å². The Morgan fingerprint density at radius 3 is 2.08 bits per heavy atom. The Labute approximate surface area is 75.6 Å². The van der Waals surface area contributed by atoms with Gasteiger partial charge in [-0.2, -0.15) is 0 Å². The molecule has 1 aromatic rings. The average molecular weight is 161 g/mol. The van der Waals surface area contributed by atoms with E-state index >= 15 is 0 Å². The number of hydrogen-bond acceptors (Lipinski definition) is 0. The van der Waals surface area contributed by atoms with E-state index < -0.39 is 0 Å².